The van der Waals surface area contributed by atoms with Crippen LogP contribution < -0.4 is 5.73 Å². The van der Waals surface area contributed by atoms with Crippen LogP contribution in [0.5, 0.6) is 0 Å². The SMILES string of the molecule is CC(C)(C)Cc1noc(/C=C/c2cccc(N)c2)n1. The van der Waals surface area contributed by atoms with Gasteiger partial charge >= 0.3 is 0 Å². The van der Waals surface area contributed by atoms with Gasteiger partial charge in [0.2, 0.25) is 0 Å². The Balaban J connectivity index is 2.08. The standard InChI is InChI=1S/C15H19N3O/c1-15(2,3)10-13-17-14(19-18-13)8-7-11-5-4-6-12(16)9-11/h4-9H,10,16H2,1-3H3/b8-7+. The van der Waals surface area contributed by atoms with Gasteiger partial charge in [0.1, 0.15) is 0 Å². The molecule has 1 heterocycles. The number of nitrogens with two attached hydrogens (primary N) is 1. The molecule has 0 radical (unpaired) electrons. The summed E-state index contributed by atoms with van der Waals surface area (Å²) in [6.45, 7) is 6.43. The molecule has 2 rings (SSSR count). The molecule has 4 nitrogen and oxygen atoms in total. The number of rotatable bonds is 3. The summed E-state index contributed by atoms with van der Waals surface area (Å²) in [6, 6.07) is 7.63. The zero-order valence-electron chi connectivity index (χ0n) is 11.6. The van der Waals surface area contributed by atoms with Crippen molar-refractivity contribution >= 4 is 17.8 Å². The lowest BCUT2D eigenvalue weighted by molar-refractivity contribution is 0.368. The molecule has 19 heavy (non-hydrogen) atoms. The van der Waals surface area contributed by atoms with E-state index in [4.69, 9.17) is 10.3 Å². The molecule has 0 amide bonds. The van der Waals surface area contributed by atoms with Crippen LogP contribution in [0.2, 0.25) is 0 Å². The highest BCUT2D eigenvalue weighted by molar-refractivity contribution is 5.67. The number of benzene rings is 1. The van der Waals surface area contributed by atoms with Gasteiger partial charge in [-0.1, -0.05) is 38.1 Å². The van der Waals surface area contributed by atoms with E-state index in [0.717, 1.165) is 23.5 Å². The fourth-order valence-corrected chi connectivity index (χ4v) is 1.71. The van der Waals surface area contributed by atoms with Crippen LogP contribution in [0.1, 0.15) is 38.0 Å². The molecule has 0 unspecified atom stereocenters. The molecule has 1 aromatic heterocycles. The molecule has 0 saturated carbocycles. The van der Waals surface area contributed by atoms with Gasteiger partial charge in [0.25, 0.3) is 5.89 Å². The van der Waals surface area contributed by atoms with Crippen LogP contribution in [0.15, 0.2) is 28.8 Å². The van der Waals surface area contributed by atoms with Crippen molar-refractivity contribution in [3.05, 3.63) is 41.5 Å². The van der Waals surface area contributed by atoms with Crippen LogP contribution in [0.25, 0.3) is 12.2 Å². The molecule has 0 aliphatic heterocycles. The quantitative estimate of drug-likeness (QED) is 0.856. The summed E-state index contributed by atoms with van der Waals surface area (Å²) in [6.07, 6.45) is 4.50. The van der Waals surface area contributed by atoms with Crippen molar-refractivity contribution in [1.82, 2.24) is 10.1 Å². The maximum atomic E-state index is 5.72. The molecule has 4 heteroatoms. The minimum atomic E-state index is 0.152. The first-order valence-electron chi connectivity index (χ1n) is 6.29. The minimum absolute atomic E-state index is 0.152. The average molecular weight is 257 g/mol. The van der Waals surface area contributed by atoms with Gasteiger partial charge in [-0.2, -0.15) is 4.98 Å². The van der Waals surface area contributed by atoms with Gasteiger partial charge < -0.3 is 10.3 Å². The monoisotopic (exact) mass is 257 g/mol. The van der Waals surface area contributed by atoms with E-state index in [2.05, 4.69) is 30.9 Å². The molecule has 0 saturated heterocycles. The Morgan fingerprint density at radius 3 is 2.74 bits per heavy atom. The molecule has 100 valence electrons. The van der Waals surface area contributed by atoms with Crippen LogP contribution >= 0.6 is 0 Å². The number of nitrogens with zero attached hydrogens (tertiary/aromatic N) is 2. The molecule has 2 N–H and O–H groups in total. The molecule has 1 aromatic carbocycles. The molecule has 2 aromatic rings. The van der Waals surface area contributed by atoms with Gasteiger partial charge in [-0.15, -0.1) is 0 Å². The average Bonchev–Trinajstić information content (AvgIpc) is 2.72. The van der Waals surface area contributed by atoms with Gasteiger partial charge in [0.15, 0.2) is 5.82 Å². The molecule has 0 atom stereocenters. The van der Waals surface area contributed by atoms with Crippen molar-refractivity contribution in [3.8, 4) is 0 Å². The second kappa shape index (κ2) is 5.26. The molecule has 0 bridgehead atoms. The van der Waals surface area contributed by atoms with Crippen molar-refractivity contribution < 1.29 is 4.52 Å². The molecule has 0 fully saturated rings. The van der Waals surface area contributed by atoms with Gasteiger partial charge in [-0.3, -0.25) is 0 Å². The topological polar surface area (TPSA) is 64.9 Å². The normalized spacial score (nSPS) is 12.2. The van der Waals surface area contributed by atoms with E-state index in [-0.39, 0.29) is 5.41 Å². The lowest BCUT2D eigenvalue weighted by atomic mass is 9.92. The van der Waals surface area contributed by atoms with Gasteiger partial charge in [0.05, 0.1) is 0 Å². The highest BCUT2D eigenvalue weighted by Gasteiger charge is 2.15. The van der Waals surface area contributed by atoms with E-state index in [0.29, 0.717) is 5.89 Å². The van der Waals surface area contributed by atoms with E-state index < -0.39 is 0 Å². The maximum absolute atomic E-state index is 5.72. The van der Waals surface area contributed by atoms with Gasteiger partial charge in [0, 0.05) is 18.2 Å². The number of anilines is 1. The predicted molar refractivity (Wildman–Crippen MR) is 77.2 cm³/mol. The highest BCUT2D eigenvalue weighted by Crippen LogP contribution is 2.19. The third kappa shape index (κ3) is 4.25. The first kappa shape index (κ1) is 13.3. The fraction of sp³-hybridized carbons (Fsp3) is 0.333. The Bertz CT molecular complexity index is 579. The first-order valence-corrected chi connectivity index (χ1v) is 6.29. The number of nitrogen functional groups attached to an aromatic ring is 1. The summed E-state index contributed by atoms with van der Waals surface area (Å²) in [4.78, 5) is 4.34. The third-order valence-corrected chi connectivity index (χ3v) is 2.50. The summed E-state index contributed by atoms with van der Waals surface area (Å²) in [5.41, 5.74) is 7.61. The Labute approximate surface area is 113 Å². The van der Waals surface area contributed by atoms with Crippen molar-refractivity contribution in [1.29, 1.82) is 0 Å². The highest BCUT2D eigenvalue weighted by atomic mass is 16.5. The zero-order chi connectivity index (χ0) is 13.9. The van der Waals surface area contributed by atoms with Crippen LogP contribution in [-0.4, -0.2) is 10.1 Å². The van der Waals surface area contributed by atoms with Crippen molar-refractivity contribution in [2.24, 2.45) is 5.41 Å². The summed E-state index contributed by atoms with van der Waals surface area (Å²) >= 11 is 0. The number of hydrogen-bond donors (Lipinski definition) is 1. The van der Waals surface area contributed by atoms with Crippen molar-refractivity contribution in [2.45, 2.75) is 27.2 Å². The third-order valence-electron chi connectivity index (χ3n) is 2.50. The Morgan fingerprint density at radius 2 is 2.05 bits per heavy atom. The van der Waals surface area contributed by atoms with Crippen LogP contribution in [0, 0.1) is 5.41 Å². The lowest BCUT2D eigenvalue weighted by Crippen LogP contribution is -2.10. The summed E-state index contributed by atoms with van der Waals surface area (Å²) in [5.74, 6) is 1.25. The van der Waals surface area contributed by atoms with E-state index in [1.165, 1.54) is 0 Å². The second-order valence-electron chi connectivity index (χ2n) is 5.79. The van der Waals surface area contributed by atoms with Gasteiger partial charge in [-0.25, -0.2) is 0 Å². The first-order chi connectivity index (χ1) is 8.92. The summed E-state index contributed by atoms with van der Waals surface area (Å²) < 4.78 is 5.18. The zero-order valence-corrected chi connectivity index (χ0v) is 11.6. The second-order valence-corrected chi connectivity index (χ2v) is 5.79. The van der Waals surface area contributed by atoms with Gasteiger partial charge in [-0.05, 0) is 29.2 Å². The largest absolute Gasteiger partial charge is 0.399 e. The Morgan fingerprint density at radius 1 is 1.26 bits per heavy atom. The van der Waals surface area contributed by atoms with E-state index in [1.54, 1.807) is 6.08 Å². The molecule has 0 aliphatic rings. The molecular weight excluding hydrogens is 238 g/mol. The van der Waals surface area contributed by atoms with Crippen LogP contribution in [0.4, 0.5) is 5.69 Å². The molecular formula is C15H19N3O. The van der Waals surface area contributed by atoms with E-state index in [9.17, 15) is 0 Å². The molecule has 0 aliphatic carbocycles. The maximum Gasteiger partial charge on any atom is 0.250 e. The Kier molecular flexibility index (Phi) is 3.69. The number of aromatic nitrogens is 2. The van der Waals surface area contributed by atoms with Crippen molar-refractivity contribution in [3.63, 3.8) is 0 Å². The van der Waals surface area contributed by atoms with Crippen LogP contribution in [0.3, 0.4) is 0 Å². The fourth-order valence-electron chi connectivity index (χ4n) is 1.71. The summed E-state index contributed by atoms with van der Waals surface area (Å²) in [7, 11) is 0. The lowest BCUT2D eigenvalue weighted by Gasteiger charge is -2.14. The van der Waals surface area contributed by atoms with E-state index in [1.807, 2.05) is 30.3 Å². The van der Waals surface area contributed by atoms with Crippen LogP contribution in [-0.2, 0) is 6.42 Å². The minimum Gasteiger partial charge on any atom is -0.399 e. The predicted octanol–water partition coefficient (Wildman–Crippen LogP) is 3.41. The smallest absolute Gasteiger partial charge is 0.250 e. The van der Waals surface area contributed by atoms with E-state index >= 15 is 0 Å². The van der Waals surface area contributed by atoms with Crippen molar-refractivity contribution in [2.75, 3.05) is 5.73 Å². The number of hydrogen-bond acceptors (Lipinski definition) is 4. The Hall–Kier alpha value is -2.10. The summed E-state index contributed by atoms with van der Waals surface area (Å²) in [5, 5.41) is 3.97. The molecule has 0 spiro atoms.